The van der Waals surface area contributed by atoms with Gasteiger partial charge in [0.15, 0.2) is 0 Å². The SMILES string of the molecule is O=C(O)Cc1ccc2occ(-c3ccc(-c4ccccc4)cc3)c2c1. The molecule has 3 heteroatoms. The number of aliphatic carboxylic acids is 1. The Labute approximate surface area is 145 Å². The summed E-state index contributed by atoms with van der Waals surface area (Å²) in [5.74, 6) is -0.836. The molecule has 0 radical (unpaired) electrons. The molecule has 25 heavy (non-hydrogen) atoms. The van der Waals surface area contributed by atoms with Crippen LogP contribution in [-0.2, 0) is 11.2 Å². The number of benzene rings is 3. The van der Waals surface area contributed by atoms with E-state index in [1.54, 1.807) is 12.3 Å². The van der Waals surface area contributed by atoms with Crippen molar-refractivity contribution < 1.29 is 14.3 Å². The maximum absolute atomic E-state index is 10.9. The first-order valence-corrected chi connectivity index (χ1v) is 8.08. The fourth-order valence-electron chi connectivity index (χ4n) is 3.06. The highest BCUT2D eigenvalue weighted by atomic mass is 16.4. The van der Waals surface area contributed by atoms with Crippen molar-refractivity contribution in [3.05, 3.63) is 84.6 Å². The summed E-state index contributed by atoms with van der Waals surface area (Å²) in [7, 11) is 0. The lowest BCUT2D eigenvalue weighted by molar-refractivity contribution is -0.136. The van der Waals surface area contributed by atoms with Gasteiger partial charge in [-0.25, -0.2) is 0 Å². The molecule has 1 heterocycles. The predicted molar refractivity (Wildman–Crippen MR) is 98.4 cm³/mol. The molecule has 0 saturated heterocycles. The Bertz CT molecular complexity index is 1030. The van der Waals surface area contributed by atoms with Gasteiger partial charge in [0.05, 0.1) is 12.7 Å². The molecule has 3 aromatic carbocycles. The number of carbonyl (C=O) groups is 1. The normalized spacial score (nSPS) is 10.9. The van der Waals surface area contributed by atoms with E-state index in [9.17, 15) is 4.79 Å². The van der Waals surface area contributed by atoms with E-state index in [0.717, 1.165) is 33.2 Å². The van der Waals surface area contributed by atoms with E-state index in [4.69, 9.17) is 9.52 Å². The molecule has 0 atom stereocenters. The largest absolute Gasteiger partial charge is 0.481 e. The summed E-state index contributed by atoms with van der Waals surface area (Å²) in [6.07, 6.45) is 1.74. The van der Waals surface area contributed by atoms with Gasteiger partial charge in [0.25, 0.3) is 0 Å². The number of hydrogen-bond donors (Lipinski definition) is 1. The Hall–Kier alpha value is -3.33. The van der Waals surface area contributed by atoms with E-state index in [-0.39, 0.29) is 6.42 Å². The quantitative estimate of drug-likeness (QED) is 0.546. The highest BCUT2D eigenvalue weighted by Gasteiger charge is 2.10. The summed E-state index contributed by atoms with van der Waals surface area (Å²) in [5.41, 5.74) is 5.88. The molecule has 0 aliphatic rings. The highest BCUT2D eigenvalue weighted by molar-refractivity contribution is 5.95. The van der Waals surface area contributed by atoms with Crippen LogP contribution in [0.5, 0.6) is 0 Å². The van der Waals surface area contributed by atoms with E-state index in [1.165, 1.54) is 5.56 Å². The zero-order chi connectivity index (χ0) is 17.2. The average molecular weight is 328 g/mol. The lowest BCUT2D eigenvalue weighted by atomic mass is 9.99. The van der Waals surface area contributed by atoms with Crippen molar-refractivity contribution in [2.75, 3.05) is 0 Å². The molecule has 0 aliphatic heterocycles. The number of fused-ring (bicyclic) bond motifs is 1. The van der Waals surface area contributed by atoms with Crippen LogP contribution in [0.2, 0.25) is 0 Å². The van der Waals surface area contributed by atoms with Crippen LogP contribution in [0.4, 0.5) is 0 Å². The van der Waals surface area contributed by atoms with Gasteiger partial charge in [-0.1, -0.05) is 60.7 Å². The lowest BCUT2D eigenvalue weighted by Crippen LogP contribution is -1.99. The Morgan fingerprint density at radius 3 is 2.24 bits per heavy atom. The zero-order valence-electron chi connectivity index (χ0n) is 13.5. The summed E-state index contributed by atoms with van der Waals surface area (Å²) in [4.78, 5) is 10.9. The van der Waals surface area contributed by atoms with Crippen molar-refractivity contribution in [1.29, 1.82) is 0 Å². The number of carboxylic acid groups (broad SMARTS) is 1. The van der Waals surface area contributed by atoms with E-state index >= 15 is 0 Å². The fraction of sp³-hybridized carbons (Fsp3) is 0.0455. The third kappa shape index (κ3) is 3.04. The Morgan fingerprint density at radius 1 is 0.840 bits per heavy atom. The standard InChI is InChI=1S/C22H16O3/c23-22(24)13-15-6-11-21-19(12-15)20(14-25-21)18-9-7-17(8-10-18)16-4-2-1-3-5-16/h1-12,14H,13H2,(H,23,24). The Kier molecular flexibility index (Phi) is 3.82. The number of furan rings is 1. The molecular formula is C22H16O3. The molecule has 4 rings (SSSR count). The molecule has 0 amide bonds. The van der Waals surface area contributed by atoms with Crippen molar-refractivity contribution in [2.24, 2.45) is 0 Å². The highest BCUT2D eigenvalue weighted by Crippen LogP contribution is 2.32. The Balaban J connectivity index is 1.73. The third-order valence-corrected chi connectivity index (χ3v) is 4.30. The van der Waals surface area contributed by atoms with E-state index in [0.29, 0.717) is 0 Å². The molecular weight excluding hydrogens is 312 g/mol. The van der Waals surface area contributed by atoms with Gasteiger partial charge in [0.1, 0.15) is 5.58 Å². The first-order valence-electron chi connectivity index (χ1n) is 8.08. The van der Waals surface area contributed by atoms with Gasteiger partial charge in [-0.2, -0.15) is 0 Å². The number of carboxylic acids is 1. The van der Waals surface area contributed by atoms with Gasteiger partial charge in [-0.15, -0.1) is 0 Å². The van der Waals surface area contributed by atoms with Crippen LogP contribution < -0.4 is 0 Å². The molecule has 0 unspecified atom stereocenters. The summed E-state index contributed by atoms with van der Waals surface area (Å²) < 4.78 is 5.63. The number of rotatable bonds is 4. The lowest BCUT2D eigenvalue weighted by Gasteiger charge is -2.04. The monoisotopic (exact) mass is 328 g/mol. The van der Waals surface area contributed by atoms with Crippen LogP contribution in [0.1, 0.15) is 5.56 Å². The van der Waals surface area contributed by atoms with Crippen molar-refractivity contribution in [3.8, 4) is 22.3 Å². The van der Waals surface area contributed by atoms with Gasteiger partial charge in [-0.3, -0.25) is 4.79 Å². The van der Waals surface area contributed by atoms with E-state index in [1.807, 2.05) is 30.3 Å². The maximum Gasteiger partial charge on any atom is 0.307 e. The third-order valence-electron chi connectivity index (χ3n) is 4.30. The van der Waals surface area contributed by atoms with E-state index < -0.39 is 5.97 Å². The molecule has 1 N–H and O–H groups in total. The molecule has 122 valence electrons. The van der Waals surface area contributed by atoms with Crippen molar-refractivity contribution in [3.63, 3.8) is 0 Å². The predicted octanol–water partition coefficient (Wildman–Crippen LogP) is 5.39. The van der Waals surface area contributed by atoms with Gasteiger partial charge < -0.3 is 9.52 Å². The summed E-state index contributed by atoms with van der Waals surface area (Å²) >= 11 is 0. The first kappa shape index (κ1) is 15.2. The van der Waals surface area contributed by atoms with Crippen LogP contribution >= 0.6 is 0 Å². The second kappa shape index (κ2) is 6.29. The first-order chi connectivity index (χ1) is 12.2. The summed E-state index contributed by atoms with van der Waals surface area (Å²) in [5, 5.41) is 9.93. The van der Waals surface area contributed by atoms with Gasteiger partial charge in [0.2, 0.25) is 0 Å². The number of hydrogen-bond acceptors (Lipinski definition) is 2. The minimum Gasteiger partial charge on any atom is -0.481 e. The topological polar surface area (TPSA) is 50.4 Å². The maximum atomic E-state index is 10.9. The van der Waals surface area contributed by atoms with Crippen LogP contribution in [-0.4, -0.2) is 11.1 Å². The smallest absolute Gasteiger partial charge is 0.307 e. The van der Waals surface area contributed by atoms with Crippen LogP contribution in [0.25, 0.3) is 33.2 Å². The van der Waals surface area contributed by atoms with Crippen LogP contribution in [0.15, 0.2) is 83.5 Å². The molecule has 0 bridgehead atoms. The minimum atomic E-state index is -0.836. The van der Waals surface area contributed by atoms with Crippen molar-refractivity contribution in [1.82, 2.24) is 0 Å². The summed E-state index contributed by atoms with van der Waals surface area (Å²) in [6, 6.07) is 24.0. The average Bonchev–Trinajstić information content (AvgIpc) is 3.05. The van der Waals surface area contributed by atoms with Gasteiger partial charge in [-0.05, 0) is 34.4 Å². The van der Waals surface area contributed by atoms with Crippen molar-refractivity contribution >= 4 is 16.9 Å². The zero-order valence-corrected chi connectivity index (χ0v) is 13.5. The van der Waals surface area contributed by atoms with Crippen LogP contribution in [0, 0.1) is 0 Å². The molecule has 0 saturated carbocycles. The van der Waals surface area contributed by atoms with Gasteiger partial charge in [0, 0.05) is 10.9 Å². The van der Waals surface area contributed by atoms with E-state index in [2.05, 4.69) is 36.4 Å². The van der Waals surface area contributed by atoms with Gasteiger partial charge >= 0.3 is 5.97 Å². The minimum absolute atomic E-state index is 0.00745. The van der Waals surface area contributed by atoms with Crippen molar-refractivity contribution in [2.45, 2.75) is 6.42 Å². The Morgan fingerprint density at radius 2 is 1.52 bits per heavy atom. The van der Waals surface area contributed by atoms with Crippen LogP contribution in [0.3, 0.4) is 0 Å². The molecule has 1 aromatic heterocycles. The molecule has 0 fully saturated rings. The second-order valence-electron chi connectivity index (χ2n) is 5.99. The summed E-state index contributed by atoms with van der Waals surface area (Å²) in [6.45, 7) is 0. The molecule has 0 aliphatic carbocycles. The molecule has 3 nitrogen and oxygen atoms in total. The second-order valence-corrected chi connectivity index (χ2v) is 5.99. The fourth-order valence-corrected chi connectivity index (χ4v) is 3.06. The molecule has 0 spiro atoms. The molecule has 4 aromatic rings.